The van der Waals surface area contributed by atoms with Gasteiger partial charge in [0.15, 0.2) is 0 Å². The second-order valence-electron chi connectivity index (χ2n) is 35.0. The van der Waals surface area contributed by atoms with Crippen LogP contribution in [0.2, 0.25) is 0 Å². The van der Waals surface area contributed by atoms with Gasteiger partial charge >= 0.3 is 0 Å². The van der Waals surface area contributed by atoms with Crippen molar-refractivity contribution in [3.63, 3.8) is 0 Å². The van der Waals surface area contributed by atoms with Crippen molar-refractivity contribution in [2.24, 2.45) is 0 Å². The molecule has 0 atom stereocenters. The third-order valence-electron chi connectivity index (χ3n) is 26.6. The van der Waals surface area contributed by atoms with Crippen molar-refractivity contribution in [3.8, 4) is 77.9 Å². The minimum atomic E-state index is 1.11. The summed E-state index contributed by atoms with van der Waals surface area (Å²) >= 11 is 9.30. The lowest BCUT2D eigenvalue weighted by atomic mass is 10.00. The highest BCUT2D eigenvalue weighted by Crippen LogP contribution is 2.49. The zero-order valence-corrected chi connectivity index (χ0v) is 79.0. The Bertz CT molecular complexity index is 9070. The Labute approximate surface area is 820 Å². The first-order valence-corrected chi connectivity index (χ1v) is 50.8. The van der Waals surface area contributed by atoms with Crippen molar-refractivity contribution in [3.05, 3.63) is 516 Å². The summed E-state index contributed by atoms with van der Waals surface area (Å²) in [5, 5.41) is 15.7. The number of fused-ring (bicyclic) bond motifs is 16. The summed E-state index contributed by atoms with van der Waals surface area (Å²) in [6.45, 7) is 0. The molecule has 0 aliphatic rings. The second-order valence-corrected chi connectivity index (χ2v) is 40.4. The van der Waals surface area contributed by atoms with Crippen LogP contribution in [0, 0.1) is 0 Å². The van der Waals surface area contributed by atoms with Gasteiger partial charge in [-0.25, -0.2) is 0 Å². The Hall–Kier alpha value is -16.4. The molecule has 22 aromatic carbocycles. The molecule has 0 unspecified atom stereocenters. The van der Waals surface area contributed by atoms with Crippen LogP contribution in [0.5, 0.6) is 0 Å². The summed E-state index contributed by atoms with van der Waals surface area (Å²) in [6.07, 6.45) is 0. The molecular formula is C130H85N3S5. The first kappa shape index (κ1) is 83.4. The summed E-state index contributed by atoms with van der Waals surface area (Å²) in [5.41, 5.74) is 27.1. The van der Waals surface area contributed by atoms with Gasteiger partial charge < -0.3 is 14.7 Å². The lowest BCUT2D eigenvalue weighted by Crippen LogP contribution is -2.10. The van der Waals surface area contributed by atoms with Crippen LogP contribution in [0.4, 0.5) is 51.2 Å². The zero-order chi connectivity index (χ0) is 91.4. The maximum absolute atomic E-state index is 2.41. The third kappa shape index (κ3) is 16.2. The summed E-state index contributed by atoms with van der Waals surface area (Å²) < 4.78 is 13.3. The van der Waals surface area contributed by atoms with Gasteiger partial charge in [0.25, 0.3) is 0 Å². The van der Waals surface area contributed by atoms with Gasteiger partial charge in [-0.2, -0.15) is 0 Å². The molecule has 5 heterocycles. The molecule has 8 heteroatoms. The molecule has 0 amide bonds. The molecule has 27 rings (SSSR count). The van der Waals surface area contributed by atoms with Gasteiger partial charge in [-0.1, -0.05) is 328 Å². The van der Waals surface area contributed by atoms with E-state index in [1.807, 2.05) is 56.7 Å². The molecule has 0 N–H and O–H groups in total. The van der Waals surface area contributed by atoms with Crippen molar-refractivity contribution in [1.29, 1.82) is 0 Å². The maximum Gasteiger partial charge on any atom is 0.0540 e. The topological polar surface area (TPSA) is 9.72 Å². The standard InChI is InChI=1S/C48H31NS2.C42H29NS.C40H25NS2/c1-2-10-32(11-3-1)33-20-24-38(25-21-33)49(39-14-8-12-34(28-39)36-22-26-47-43(30-36)41-16-4-6-18-45(41)50-47)40-15-9-13-35(29-40)37-23-27-48-44(31-37)42-17-5-7-19-46(42)51-48;1-3-11-30(12-4-1)32-21-24-36(25-22-32)43(37-17-9-15-33(27-37)31-13-5-2-6-14-31)38-18-10-16-34(28-38)35-23-26-42-40(29-35)39-19-7-8-20-41(39)44-42;1-2-10-31-27(8-1)9-7-13-36(31)41(30-21-23-40-35(25-30)33-12-4-6-15-38(33)43-40)29-19-16-26(17-20-29)28-18-22-39-34(24-28)32-11-3-5-14-37(32)42-39/h1-31H;1-29H;1-25H. The van der Waals surface area contributed by atoms with E-state index >= 15 is 0 Å². The van der Waals surface area contributed by atoms with E-state index in [9.17, 15) is 0 Å². The number of benzene rings is 22. The molecule has 0 aliphatic heterocycles. The van der Waals surface area contributed by atoms with Crippen LogP contribution in [-0.4, -0.2) is 0 Å². The molecule has 0 spiro atoms. The van der Waals surface area contributed by atoms with Gasteiger partial charge in [0, 0.05) is 152 Å². The molecule has 0 fully saturated rings. The van der Waals surface area contributed by atoms with Crippen molar-refractivity contribution in [2.75, 3.05) is 14.7 Å². The van der Waals surface area contributed by atoms with Gasteiger partial charge in [-0.05, 0) is 271 Å². The monoisotopic (exact) mass is 1850 g/mol. The Morgan fingerprint density at radius 1 is 0.109 bits per heavy atom. The van der Waals surface area contributed by atoms with E-state index in [0.717, 1.165) is 45.5 Å². The van der Waals surface area contributed by atoms with Gasteiger partial charge in [-0.3, -0.25) is 0 Å². The molecule has 0 bridgehead atoms. The van der Waals surface area contributed by atoms with Gasteiger partial charge in [0.1, 0.15) is 0 Å². The second kappa shape index (κ2) is 36.4. The SMILES string of the molecule is c1ccc(-c2ccc(N(c3cccc(-c4ccc5sc6ccccc6c5c4)c3)c3cccc(-c4ccc5sc6ccccc6c5c4)c3)cc2)cc1.c1ccc(-c2ccc(N(c3cccc(-c4ccccc4)c3)c3cccc(-c4ccc5sc6ccccc6c5c4)c3)cc2)cc1.c1ccc2c(N(c3ccc(-c4ccc5sc6ccccc6c5c4)cc3)c3ccc4sc5ccccc5c4c3)cccc2c1. The van der Waals surface area contributed by atoms with E-state index in [1.54, 1.807) is 0 Å². The van der Waals surface area contributed by atoms with E-state index in [1.165, 1.54) is 195 Å². The van der Waals surface area contributed by atoms with Crippen LogP contribution in [0.25, 0.3) is 190 Å². The number of hydrogen-bond donors (Lipinski definition) is 0. The Kier molecular flexibility index (Phi) is 22.0. The fraction of sp³-hybridized carbons (Fsp3) is 0. The Morgan fingerprint density at radius 3 is 0.659 bits per heavy atom. The predicted molar refractivity (Wildman–Crippen MR) is 603 cm³/mol. The third-order valence-corrected chi connectivity index (χ3v) is 32.3. The summed E-state index contributed by atoms with van der Waals surface area (Å²) in [4.78, 5) is 7.16. The minimum Gasteiger partial charge on any atom is -0.310 e. The van der Waals surface area contributed by atoms with E-state index in [-0.39, 0.29) is 0 Å². The van der Waals surface area contributed by atoms with Gasteiger partial charge in [0.05, 0.1) is 5.69 Å². The molecule has 138 heavy (non-hydrogen) atoms. The van der Waals surface area contributed by atoms with Crippen LogP contribution in [0.1, 0.15) is 0 Å². The highest BCUT2D eigenvalue weighted by Gasteiger charge is 2.23. The smallest absolute Gasteiger partial charge is 0.0540 e. The van der Waals surface area contributed by atoms with E-state index in [0.29, 0.717) is 0 Å². The highest BCUT2D eigenvalue weighted by molar-refractivity contribution is 7.27. The van der Waals surface area contributed by atoms with Crippen molar-refractivity contribution in [1.82, 2.24) is 0 Å². The van der Waals surface area contributed by atoms with Crippen LogP contribution in [-0.2, 0) is 0 Å². The molecular weight excluding hydrogens is 1760 g/mol. The number of anilines is 9. The fourth-order valence-corrected chi connectivity index (χ4v) is 25.2. The van der Waals surface area contributed by atoms with E-state index in [4.69, 9.17) is 0 Å². The molecule has 0 saturated carbocycles. The minimum absolute atomic E-state index is 1.11. The van der Waals surface area contributed by atoms with E-state index in [2.05, 4.69) is 530 Å². The lowest BCUT2D eigenvalue weighted by Gasteiger charge is -2.27. The zero-order valence-electron chi connectivity index (χ0n) is 75.0. The van der Waals surface area contributed by atoms with Crippen molar-refractivity contribution >= 4 is 220 Å². The summed E-state index contributed by atoms with van der Waals surface area (Å²) in [5.74, 6) is 0. The number of hydrogen-bond acceptors (Lipinski definition) is 8. The highest BCUT2D eigenvalue weighted by atomic mass is 32.1. The average molecular weight is 1850 g/mol. The molecule has 0 radical (unpaired) electrons. The van der Waals surface area contributed by atoms with Crippen LogP contribution < -0.4 is 14.7 Å². The Balaban J connectivity index is 0.000000110. The van der Waals surface area contributed by atoms with Crippen molar-refractivity contribution < 1.29 is 0 Å². The largest absolute Gasteiger partial charge is 0.310 e. The fourth-order valence-electron chi connectivity index (χ4n) is 19.8. The van der Waals surface area contributed by atoms with Gasteiger partial charge in [-0.15, -0.1) is 56.7 Å². The predicted octanol–water partition coefficient (Wildman–Crippen LogP) is 40.1. The number of nitrogens with zero attached hydrogens (tertiary/aromatic N) is 3. The number of thiophene rings is 5. The molecule has 3 nitrogen and oxygen atoms in total. The summed E-state index contributed by atoms with van der Waals surface area (Å²) in [7, 11) is 0. The first-order chi connectivity index (χ1) is 68.3. The summed E-state index contributed by atoms with van der Waals surface area (Å²) in [6, 6.07) is 188. The molecule has 0 aliphatic carbocycles. The molecule has 27 aromatic rings. The normalized spacial score (nSPS) is 11.5. The number of rotatable bonds is 16. The van der Waals surface area contributed by atoms with Crippen LogP contribution in [0.15, 0.2) is 516 Å². The van der Waals surface area contributed by atoms with Gasteiger partial charge in [0.2, 0.25) is 0 Å². The molecule has 0 saturated heterocycles. The maximum atomic E-state index is 2.41. The van der Waals surface area contributed by atoms with E-state index < -0.39 is 0 Å². The quantitative estimate of drug-likeness (QED) is 0.0955. The van der Waals surface area contributed by atoms with Crippen LogP contribution in [0.3, 0.4) is 0 Å². The Morgan fingerprint density at radius 2 is 0.312 bits per heavy atom. The van der Waals surface area contributed by atoms with Crippen molar-refractivity contribution in [2.45, 2.75) is 0 Å². The molecule has 5 aromatic heterocycles. The molecule has 650 valence electrons. The average Bonchev–Trinajstić information content (AvgIpc) is 1.43. The van der Waals surface area contributed by atoms with Crippen LogP contribution >= 0.6 is 56.7 Å². The lowest BCUT2D eigenvalue weighted by molar-refractivity contribution is 1.28. The first-order valence-electron chi connectivity index (χ1n) is 46.7.